The topological polar surface area (TPSA) is 61.8 Å². The molecule has 0 heterocycles. The smallest absolute Gasteiger partial charge is 0.343 e. The first-order valence-corrected chi connectivity index (χ1v) is 13.6. The number of rotatable bonds is 16. The predicted molar refractivity (Wildman–Crippen MR) is 145 cm³/mol. The summed E-state index contributed by atoms with van der Waals surface area (Å²) in [4.78, 5) is 24.9. The molecule has 2 atom stereocenters. The van der Waals surface area contributed by atoms with E-state index in [1.165, 1.54) is 25.7 Å². The number of benzene rings is 2. The molecule has 0 bridgehead atoms. The van der Waals surface area contributed by atoms with Crippen LogP contribution >= 0.6 is 11.6 Å². The normalized spacial score (nSPS) is 12.7. The molecule has 0 N–H and O–H groups in total. The van der Waals surface area contributed by atoms with Crippen molar-refractivity contribution in [3.8, 4) is 17.2 Å². The summed E-state index contributed by atoms with van der Waals surface area (Å²) in [5.74, 6) is 1.21. The van der Waals surface area contributed by atoms with Crippen LogP contribution in [-0.4, -0.2) is 23.9 Å². The summed E-state index contributed by atoms with van der Waals surface area (Å²) in [6, 6.07) is 13.3. The molecule has 198 valence electrons. The molecule has 0 aliphatic carbocycles. The second-order valence-corrected chi connectivity index (χ2v) is 10.2. The molecule has 0 aromatic heterocycles. The van der Waals surface area contributed by atoms with E-state index in [0.29, 0.717) is 29.6 Å². The molecule has 2 unspecified atom stereocenters. The molecule has 36 heavy (non-hydrogen) atoms. The van der Waals surface area contributed by atoms with Crippen LogP contribution in [0.1, 0.15) is 89.4 Å². The minimum absolute atomic E-state index is 0.0229. The van der Waals surface area contributed by atoms with Crippen molar-refractivity contribution >= 4 is 23.5 Å². The molecule has 2 aromatic carbocycles. The van der Waals surface area contributed by atoms with E-state index in [9.17, 15) is 9.59 Å². The first-order chi connectivity index (χ1) is 17.3. The monoisotopic (exact) mass is 516 g/mol. The van der Waals surface area contributed by atoms with Gasteiger partial charge in [0.1, 0.15) is 22.6 Å². The zero-order chi connectivity index (χ0) is 26.3. The van der Waals surface area contributed by atoms with Crippen LogP contribution in [0.3, 0.4) is 0 Å². The van der Waals surface area contributed by atoms with Gasteiger partial charge in [-0.2, -0.15) is 0 Å². The molecule has 0 aliphatic rings. The SMILES string of the molecule is CCCCCCCOc1ccc(OC(=O)c2ccc(OC(=O)C(Cl)C(C)CCCC(C)C)cc2)cc1. The molecule has 0 amide bonds. The summed E-state index contributed by atoms with van der Waals surface area (Å²) in [5.41, 5.74) is 0.353. The Labute approximate surface area is 221 Å². The fourth-order valence-corrected chi connectivity index (χ4v) is 3.89. The van der Waals surface area contributed by atoms with E-state index in [4.69, 9.17) is 25.8 Å². The van der Waals surface area contributed by atoms with Crippen molar-refractivity contribution < 1.29 is 23.8 Å². The first-order valence-electron chi connectivity index (χ1n) is 13.2. The summed E-state index contributed by atoms with van der Waals surface area (Å²) < 4.78 is 16.6. The van der Waals surface area contributed by atoms with E-state index in [2.05, 4.69) is 20.8 Å². The van der Waals surface area contributed by atoms with Crippen molar-refractivity contribution in [3.63, 3.8) is 0 Å². The van der Waals surface area contributed by atoms with Crippen molar-refractivity contribution in [2.45, 2.75) is 84.4 Å². The number of unbranched alkanes of at least 4 members (excludes halogenated alkanes) is 4. The number of esters is 2. The van der Waals surface area contributed by atoms with E-state index in [-0.39, 0.29) is 5.92 Å². The van der Waals surface area contributed by atoms with Gasteiger partial charge in [0.2, 0.25) is 0 Å². The summed E-state index contributed by atoms with van der Waals surface area (Å²) in [7, 11) is 0. The number of halogens is 1. The molecule has 2 rings (SSSR count). The van der Waals surface area contributed by atoms with Crippen LogP contribution in [0, 0.1) is 11.8 Å². The number of alkyl halides is 1. The van der Waals surface area contributed by atoms with Crippen LogP contribution in [0.5, 0.6) is 17.2 Å². The van der Waals surface area contributed by atoms with E-state index in [0.717, 1.165) is 31.4 Å². The van der Waals surface area contributed by atoms with E-state index < -0.39 is 17.3 Å². The summed E-state index contributed by atoms with van der Waals surface area (Å²) in [6.07, 6.45) is 8.95. The zero-order valence-electron chi connectivity index (χ0n) is 22.1. The number of hydrogen-bond donors (Lipinski definition) is 0. The van der Waals surface area contributed by atoms with Crippen molar-refractivity contribution in [2.24, 2.45) is 11.8 Å². The molecule has 0 fully saturated rings. The molecule has 0 saturated heterocycles. The fraction of sp³-hybridized carbons (Fsp3) is 0.533. The van der Waals surface area contributed by atoms with Crippen molar-refractivity contribution in [2.75, 3.05) is 6.61 Å². The maximum absolute atomic E-state index is 12.5. The molecular weight excluding hydrogens is 476 g/mol. The summed E-state index contributed by atoms with van der Waals surface area (Å²) in [6.45, 7) is 9.20. The minimum atomic E-state index is -0.713. The molecule has 0 radical (unpaired) electrons. The van der Waals surface area contributed by atoms with Gasteiger partial charge in [-0.3, -0.25) is 4.79 Å². The molecular formula is C30H41ClO5. The highest BCUT2D eigenvalue weighted by Gasteiger charge is 2.24. The lowest BCUT2D eigenvalue weighted by Gasteiger charge is -2.17. The molecule has 0 aliphatic heterocycles. The van der Waals surface area contributed by atoms with Gasteiger partial charge in [-0.25, -0.2) is 4.79 Å². The molecule has 5 nitrogen and oxygen atoms in total. The first kappa shape index (κ1) is 29.7. The van der Waals surface area contributed by atoms with Gasteiger partial charge in [-0.1, -0.05) is 66.2 Å². The molecule has 0 saturated carbocycles. The molecule has 6 heteroatoms. The third kappa shape index (κ3) is 11.0. The standard InChI is InChI=1S/C30H41ClO5/c1-5-6-7-8-9-21-34-25-17-19-27(20-18-25)35-29(32)24-13-15-26(16-14-24)36-30(33)28(31)23(4)12-10-11-22(2)3/h13-20,22-23,28H,5-12,21H2,1-4H3. The van der Waals surface area contributed by atoms with Gasteiger partial charge in [0.25, 0.3) is 0 Å². The van der Waals surface area contributed by atoms with Crippen LogP contribution < -0.4 is 14.2 Å². The highest BCUT2D eigenvalue weighted by Crippen LogP contribution is 2.23. The van der Waals surface area contributed by atoms with Gasteiger partial charge in [0.05, 0.1) is 12.2 Å². The van der Waals surface area contributed by atoms with Gasteiger partial charge < -0.3 is 14.2 Å². The molecule has 0 spiro atoms. The Morgan fingerprint density at radius 3 is 1.97 bits per heavy atom. The maximum atomic E-state index is 12.5. The van der Waals surface area contributed by atoms with Crippen molar-refractivity contribution in [1.82, 2.24) is 0 Å². The maximum Gasteiger partial charge on any atom is 0.343 e. The molecule has 2 aromatic rings. The van der Waals surface area contributed by atoms with E-state index in [1.807, 2.05) is 6.92 Å². The fourth-order valence-electron chi connectivity index (χ4n) is 3.72. The lowest BCUT2D eigenvalue weighted by atomic mass is 9.97. The average Bonchev–Trinajstić information content (AvgIpc) is 2.86. The Hall–Kier alpha value is -2.53. The Kier molecular flexibility index (Phi) is 13.4. The van der Waals surface area contributed by atoms with Gasteiger partial charge in [-0.15, -0.1) is 11.6 Å². The Bertz CT molecular complexity index is 908. The van der Waals surface area contributed by atoms with Gasteiger partial charge >= 0.3 is 11.9 Å². The Morgan fingerprint density at radius 2 is 1.33 bits per heavy atom. The number of carbonyl (C=O) groups is 2. The van der Waals surface area contributed by atoms with Crippen molar-refractivity contribution in [3.05, 3.63) is 54.1 Å². The summed E-state index contributed by atoms with van der Waals surface area (Å²) >= 11 is 6.33. The minimum Gasteiger partial charge on any atom is -0.494 e. The predicted octanol–water partition coefficient (Wildman–Crippen LogP) is 8.23. The van der Waals surface area contributed by atoms with Crippen molar-refractivity contribution in [1.29, 1.82) is 0 Å². The quantitative estimate of drug-likeness (QED) is 0.0972. The average molecular weight is 517 g/mol. The second kappa shape index (κ2) is 16.3. The van der Waals surface area contributed by atoms with Crippen LogP contribution in [0.25, 0.3) is 0 Å². The Morgan fingerprint density at radius 1 is 0.750 bits per heavy atom. The highest BCUT2D eigenvalue weighted by atomic mass is 35.5. The number of ether oxygens (including phenoxy) is 3. The third-order valence-electron chi connectivity index (χ3n) is 6.03. The third-order valence-corrected chi connectivity index (χ3v) is 6.63. The lowest BCUT2D eigenvalue weighted by molar-refractivity contribution is -0.134. The van der Waals surface area contributed by atoms with E-state index in [1.54, 1.807) is 48.5 Å². The zero-order valence-corrected chi connectivity index (χ0v) is 22.9. The lowest BCUT2D eigenvalue weighted by Crippen LogP contribution is -2.27. The van der Waals surface area contributed by atoms with E-state index >= 15 is 0 Å². The summed E-state index contributed by atoms with van der Waals surface area (Å²) in [5, 5.41) is -0.713. The van der Waals surface area contributed by atoms with Crippen LogP contribution in [0.2, 0.25) is 0 Å². The highest BCUT2D eigenvalue weighted by molar-refractivity contribution is 6.30. The second-order valence-electron chi connectivity index (χ2n) is 9.77. The van der Waals surface area contributed by atoms with Crippen LogP contribution in [-0.2, 0) is 4.79 Å². The van der Waals surface area contributed by atoms with Gasteiger partial charge in [0, 0.05) is 0 Å². The van der Waals surface area contributed by atoms with Crippen LogP contribution in [0.4, 0.5) is 0 Å². The van der Waals surface area contributed by atoms with Crippen LogP contribution in [0.15, 0.2) is 48.5 Å². The number of carbonyl (C=O) groups excluding carboxylic acids is 2. The van der Waals surface area contributed by atoms with Gasteiger partial charge in [-0.05, 0) is 73.2 Å². The largest absolute Gasteiger partial charge is 0.494 e. The Balaban J connectivity index is 1.78. The van der Waals surface area contributed by atoms with Gasteiger partial charge in [0.15, 0.2) is 0 Å². The number of hydrogen-bond acceptors (Lipinski definition) is 5.